The van der Waals surface area contributed by atoms with Crippen molar-refractivity contribution >= 4 is 11.6 Å². The van der Waals surface area contributed by atoms with Crippen molar-refractivity contribution in [3.05, 3.63) is 23.8 Å². The van der Waals surface area contributed by atoms with E-state index in [0.717, 1.165) is 5.56 Å². The van der Waals surface area contributed by atoms with Crippen molar-refractivity contribution in [2.45, 2.75) is 20.3 Å². The molecule has 1 amide bonds. The molecule has 4 nitrogen and oxygen atoms in total. The van der Waals surface area contributed by atoms with E-state index in [1.165, 1.54) is 0 Å². The quantitative estimate of drug-likeness (QED) is 0.593. The number of aryl methyl sites for hydroxylation is 1. The number of hydrogen-bond acceptors (Lipinski definition) is 3. The van der Waals surface area contributed by atoms with Crippen LogP contribution in [0.25, 0.3) is 0 Å². The van der Waals surface area contributed by atoms with Crippen LogP contribution in [-0.4, -0.2) is 24.2 Å². The highest BCUT2D eigenvalue weighted by molar-refractivity contribution is 5.92. The monoisotopic (exact) mass is 223 g/mol. The van der Waals surface area contributed by atoms with Gasteiger partial charge in [-0.25, -0.2) is 0 Å². The normalized spacial score (nSPS) is 10.1. The second-order valence-corrected chi connectivity index (χ2v) is 3.52. The van der Waals surface area contributed by atoms with E-state index < -0.39 is 0 Å². The number of carbonyl (C=O) groups excluding carboxylic acids is 1. The van der Waals surface area contributed by atoms with Crippen molar-refractivity contribution in [3.63, 3.8) is 0 Å². The molecule has 1 aromatic rings. The van der Waals surface area contributed by atoms with Crippen LogP contribution in [0.3, 0.4) is 0 Å². The molecule has 0 saturated carbocycles. The molecule has 0 aromatic heterocycles. The van der Waals surface area contributed by atoms with Gasteiger partial charge in [-0.05, 0) is 31.5 Å². The molecule has 0 heterocycles. The lowest BCUT2D eigenvalue weighted by atomic mass is 10.2. The number of aromatic hydroxyl groups is 1. The minimum atomic E-state index is -0.160. The fourth-order valence-corrected chi connectivity index (χ4v) is 1.27. The SMILES string of the molecule is CCOCCC(=O)Nc1ccc(C)cc1O. The third kappa shape index (κ3) is 3.90. The predicted molar refractivity (Wildman–Crippen MR) is 62.6 cm³/mol. The second kappa shape index (κ2) is 6.12. The van der Waals surface area contributed by atoms with E-state index in [1.54, 1.807) is 12.1 Å². The Morgan fingerprint density at radius 1 is 1.50 bits per heavy atom. The minimum Gasteiger partial charge on any atom is -0.506 e. The Morgan fingerprint density at radius 3 is 2.88 bits per heavy atom. The number of anilines is 1. The topological polar surface area (TPSA) is 58.6 Å². The van der Waals surface area contributed by atoms with Crippen molar-refractivity contribution in [1.29, 1.82) is 0 Å². The van der Waals surface area contributed by atoms with E-state index >= 15 is 0 Å². The van der Waals surface area contributed by atoms with Gasteiger partial charge in [-0.1, -0.05) is 6.07 Å². The van der Waals surface area contributed by atoms with Crippen molar-refractivity contribution in [1.82, 2.24) is 0 Å². The molecular weight excluding hydrogens is 206 g/mol. The Labute approximate surface area is 95.2 Å². The average molecular weight is 223 g/mol. The van der Waals surface area contributed by atoms with Crippen LogP contribution in [0.2, 0.25) is 0 Å². The molecule has 1 aromatic carbocycles. The van der Waals surface area contributed by atoms with Crippen molar-refractivity contribution in [2.75, 3.05) is 18.5 Å². The number of phenolic OH excluding ortho intramolecular Hbond substituents is 1. The highest BCUT2D eigenvalue weighted by atomic mass is 16.5. The fourth-order valence-electron chi connectivity index (χ4n) is 1.27. The summed E-state index contributed by atoms with van der Waals surface area (Å²) in [7, 11) is 0. The van der Waals surface area contributed by atoms with Gasteiger partial charge in [0, 0.05) is 6.61 Å². The number of hydrogen-bond donors (Lipinski definition) is 2. The van der Waals surface area contributed by atoms with Gasteiger partial charge in [-0.15, -0.1) is 0 Å². The van der Waals surface area contributed by atoms with Gasteiger partial charge in [0.25, 0.3) is 0 Å². The Bertz CT molecular complexity index is 363. The number of carbonyl (C=O) groups is 1. The van der Waals surface area contributed by atoms with E-state index in [4.69, 9.17) is 4.74 Å². The van der Waals surface area contributed by atoms with Crippen LogP contribution in [0.4, 0.5) is 5.69 Å². The Morgan fingerprint density at radius 2 is 2.25 bits per heavy atom. The van der Waals surface area contributed by atoms with Crippen LogP contribution in [0.15, 0.2) is 18.2 Å². The smallest absolute Gasteiger partial charge is 0.226 e. The number of rotatable bonds is 5. The first-order valence-corrected chi connectivity index (χ1v) is 5.30. The van der Waals surface area contributed by atoms with Crippen molar-refractivity contribution in [3.8, 4) is 5.75 Å². The Balaban J connectivity index is 2.49. The molecule has 88 valence electrons. The Hall–Kier alpha value is -1.55. The van der Waals surface area contributed by atoms with Gasteiger partial charge in [-0.3, -0.25) is 4.79 Å². The maximum absolute atomic E-state index is 11.4. The first kappa shape index (κ1) is 12.5. The van der Waals surface area contributed by atoms with Gasteiger partial charge < -0.3 is 15.2 Å². The van der Waals surface area contributed by atoms with Gasteiger partial charge in [-0.2, -0.15) is 0 Å². The summed E-state index contributed by atoms with van der Waals surface area (Å²) in [6.45, 7) is 4.75. The molecule has 0 atom stereocenters. The van der Waals surface area contributed by atoms with E-state index in [0.29, 0.717) is 25.3 Å². The minimum absolute atomic E-state index is 0.0877. The molecule has 0 radical (unpaired) electrons. The Kier molecular flexibility index (Phi) is 4.79. The molecule has 0 aliphatic rings. The molecule has 1 rings (SSSR count). The largest absolute Gasteiger partial charge is 0.506 e. The highest BCUT2D eigenvalue weighted by Crippen LogP contribution is 2.23. The molecule has 4 heteroatoms. The molecule has 2 N–H and O–H groups in total. The van der Waals surface area contributed by atoms with E-state index in [9.17, 15) is 9.90 Å². The van der Waals surface area contributed by atoms with Gasteiger partial charge in [0.2, 0.25) is 5.91 Å². The summed E-state index contributed by atoms with van der Waals surface area (Å²) in [5.41, 5.74) is 1.39. The summed E-state index contributed by atoms with van der Waals surface area (Å²) in [5.74, 6) is -0.0719. The van der Waals surface area contributed by atoms with E-state index in [2.05, 4.69) is 5.32 Å². The van der Waals surface area contributed by atoms with E-state index in [1.807, 2.05) is 19.9 Å². The summed E-state index contributed by atoms with van der Waals surface area (Å²) in [6, 6.07) is 5.12. The molecule has 0 spiro atoms. The van der Waals surface area contributed by atoms with Crippen LogP contribution >= 0.6 is 0 Å². The average Bonchev–Trinajstić information content (AvgIpc) is 2.23. The van der Waals surface area contributed by atoms with Crippen LogP contribution < -0.4 is 5.32 Å². The third-order valence-electron chi connectivity index (χ3n) is 2.10. The number of ether oxygens (including phenoxy) is 1. The molecule has 0 aliphatic carbocycles. The zero-order chi connectivity index (χ0) is 12.0. The standard InChI is InChI=1S/C12H17NO3/c1-3-16-7-6-12(15)13-10-5-4-9(2)8-11(10)14/h4-5,8,14H,3,6-7H2,1-2H3,(H,13,15). The highest BCUT2D eigenvalue weighted by Gasteiger charge is 2.05. The maximum Gasteiger partial charge on any atom is 0.226 e. The van der Waals surface area contributed by atoms with Gasteiger partial charge >= 0.3 is 0 Å². The summed E-state index contributed by atoms with van der Waals surface area (Å²) in [4.78, 5) is 11.4. The molecular formula is C12H17NO3. The number of amides is 1. The number of phenols is 1. The summed E-state index contributed by atoms with van der Waals surface area (Å²) < 4.78 is 5.07. The van der Waals surface area contributed by atoms with Crippen molar-refractivity contribution in [2.24, 2.45) is 0 Å². The second-order valence-electron chi connectivity index (χ2n) is 3.52. The van der Waals surface area contributed by atoms with Crippen LogP contribution in [-0.2, 0) is 9.53 Å². The lowest BCUT2D eigenvalue weighted by Crippen LogP contribution is -2.14. The number of nitrogens with one attached hydrogen (secondary N) is 1. The van der Waals surface area contributed by atoms with Crippen LogP contribution in [0, 0.1) is 6.92 Å². The third-order valence-corrected chi connectivity index (χ3v) is 2.10. The maximum atomic E-state index is 11.4. The van der Waals surface area contributed by atoms with Gasteiger partial charge in [0.05, 0.1) is 18.7 Å². The first-order valence-electron chi connectivity index (χ1n) is 5.30. The zero-order valence-corrected chi connectivity index (χ0v) is 9.62. The van der Waals surface area contributed by atoms with Crippen molar-refractivity contribution < 1.29 is 14.6 Å². The fraction of sp³-hybridized carbons (Fsp3) is 0.417. The molecule has 0 unspecified atom stereocenters. The van der Waals surface area contributed by atoms with Crippen LogP contribution in [0.1, 0.15) is 18.9 Å². The molecule has 0 bridgehead atoms. The lowest BCUT2D eigenvalue weighted by Gasteiger charge is -2.07. The first-order chi connectivity index (χ1) is 7.63. The summed E-state index contributed by atoms with van der Waals surface area (Å²) >= 11 is 0. The molecule has 16 heavy (non-hydrogen) atoms. The zero-order valence-electron chi connectivity index (χ0n) is 9.62. The van der Waals surface area contributed by atoms with Crippen LogP contribution in [0.5, 0.6) is 5.75 Å². The summed E-state index contributed by atoms with van der Waals surface area (Å²) in [5, 5.41) is 12.2. The summed E-state index contributed by atoms with van der Waals surface area (Å²) in [6.07, 6.45) is 0.293. The predicted octanol–water partition coefficient (Wildman–Crippen LogP) is 2.07. The van der Waals surface area contributed by atoms with E-state index in [-0.39, 0.29) is 11.7 Å². The van der Waals surface area contributed by atoms with Gasteiger partial charge in [0.15, 0.2) is 0 Å². The molecule has 0 saturated heterocycles. The molecule has 0 aliphatic heterocycles. The van der Waals surface area contributed by atoms with Gasteiger partial charge in [0.1, 0.15) is 5.75 Å². The molecule has 0 fully saturated rings. The lowest BCUT2D eigenvalue weighted by molar-refractivity contribution is -0.117. The number of benzene rings is 1.